The Morgan fingerprint density at radius 2 is 1.79 bits per heavy atom. The van der Waals surface area contributed by atoms with Gasteiger partial charge in [-0.25, -0.2) is 4.99 Å². The molecule has 0 saturated carbocycles. The van der Waals surface area contributed by atoms with Gasteiger partial charge in [-0.3, -0.25) is 0 Å². The highest BCUT2D eigenvalue weighted by Gasteiger charge is 2.02. The van der Waals surface area contributed by atoms with Gasteiger partial charge in [-0.05, 0) is 48.8 Å². The van der Waals surface area contributed by atoms with E-state index in [0.29, 0.717) is 18.4 Å². The number of hydrogen-bond donors (Lipinski definition) is 2. The van der Waals surface area contributed by atoms with Crippen molar-refractivity contribution in [2.75, 3.05) is 19.4 Å². The van der Waals surface area contributed by atoms with Crippen LogP contribution in [-0.2, 0) is 13.1 Å². The minimum Gasteiger partial charge on any atom is -0.370 e. The molecule has 24 heavy (non-hydrogen) atoms. The highest BCUT2D eigenvalue weighted by Crippen LogP contribution is 2.18. The third-order valence-electron chi connectivity index (χ3n) is 3.75. The van der Waals surface area contributed by atoms with Crippen LogP contribution in [0.15, 0.2) is 53.5 Å². The highest BCUT2D eigenvalue weighted by atomic mass is 15.1. The molecule has 0 aliphatic carbocycles. The molecule has 2 aromatic rings. The molecule has 4 heteroatoms. The van der Waals surface area contributed by atoms with Gasteiger partial charge in [0.25, 0.3) is 0 Å². The monoisotopic (exact) mass is 324 g/mol. The van der Waals surface area contributed by atoms with E-state index in [1.165, 1.54) is 11.1 Å². The first-order chi connectivity index (χ1) is 11.4. The van der Waals surface area contributed by atoms with Crippen molar-refractivity contribution in [1.82, 2.24) is 4.90 Å². The zero-order valence-corrected chi connectivity index (χ0v) is 15.1. The van der Waals surface area contributed by atoms with Gasteiger partial charge >= 0.3 is 0 Å². The Morgan fingerprint density at radius 3 is 2.50 bits per heavy atom. The van der Waals surface area contributed by atoms with Crippen molar-refractivity contribution < 1.29 is 0 Å². The predicted octanol–water partition coefficient (Wildman–Crippen LogP) is 3.80. The standard InChI is InChI=1S/C20H28N4/c1-15(2)18-9-6-10-19(12-18)23-20(21)22-13-16-7-5-8-17(11-16)14-24(3)4/h5-12,15H,13-14H2,1-4H3,(H3,21,22,23). The Bertz CT molecular complexity index is 690. The largest absolute Gasteiger partial charge is 0.370 e. The van der Waals surface area contributed by atoms with E-state index in [0.717, 1.165) is 17.8 Å². The molecule has 2 rings (SSSR count). The molecule has 0 aliphatic rings. The molecular weight excluding hydrogens is 296 g/mol. The summed E-state index contributed by atoms with van der Waals surface area (Å²) in [6, 6.07) is 16.7. The molecule has 0 bridgehead atoms. The first kappa shape index (κ1) is 18.0. The van der Waals surface area contributed by atoms with Crippen LogP contribution in [0.5, 0.6) is 0 Å². The summed E-state index contributed by atoms with van der Waals surface area (Å²) in [5.74, 6) is 0.929. The lowest BCUT2D eigenvalue weighted by molar-refractivity contribution is 0.402. The van der Waals surface area contributed by atoms with E-state index < -0.39 is 0 Å². The summed E-state index contributed by atoms with van der Waals surface area (Å²) in [6.07, 6.45) is 0. The number of benzene rings is 2. The Hall–Kier alpha value is -2.33. The Balaban J connectivity index is 2.00. The molecule has 0 aliphatic heterocycles. The summed E-state index contributed by atoms with van der Waals surface area (Å²) < 4.78 is 0. The lowest BCUT2D eigenvalue weighted by Crippen LogP contribution is -2.22. The number of rotatable bonds is 6. The summed E-state index contributed by atoms with van der Waals surface area (Å²) in [7, 11) is 4.13. The second kappa shape index (κ2) is 8.50. The van der Waals surface area contributed by atoms with Gasteiger partial charge in [-0.1, -0.05) is 50.2 Å². The molecule has 0 unspecified atom stereocenters. The number of nitrogens with zero attached hydrogens (tertiary/aromatic N) is 2. The SMILES string of the molecule is CC(C)c1cccc(NC(N)=NCc2cccc(CN(C)C)c2)c1. The molecule has 0 heterocycles. The van der Waals surface area contributed by atoms with Crippen LogP contribution < -0.4 is 11.1 Å². The van der Waals surface area contributed by atoms with Crippen molar-refractivity contribution in [1.29, 1.82) is 0 Å². The maximum atomic E-state index is 6.03. The molecule has 128 valence electrons. The summed E-state index contributed by atoms with van der Waals surface area (Å²) in [4.78, 5) is 6.61. The third-order valence-corrected chi connectivity index (χ3v) is 3.75. The summed E-state index contributed by atoms with van der Waals surface area (Å²) in [5.41, 5.74) is 10.7. The average Bonchev–Trinajstić information content (AvgIpc) is 2.53. The van der Waals surface area contributed by atoms with Gasteiger partial charge in [0.1, 0.15) is 0 Å². The quantitative estimate of drug-likeness (QED) is 0.628. The molecule has 0 amide bonds. The maximum Gasteiger partial charge on any atom is 0.193 e. The van der Waals surface area contributed by atoms with Crippen molar-refractivity contribution in [3.05, 3.63) is 65.2 Å². The zero-order chi connectivity index (χ0) is 17.5. The van der Waals surface area contributed by atoms with Gasteiger partial charge in [-0.15, -0.1) is 0 Å². The van der Waals surface area contributed by atoms with E-state index in [4.69, 9.17) is 5.73 Å². The van der Waals surface area contributed by atoms with Crippen LogP contribution in [0.4, 0.5) is 5.69 Å². The first-order valence-corrected chi connectivity index (χ1v) is 8.33. The smallest absolute Gasteiger partial charge is 0.193 e. The Kier molecular flexibility index (Phi) is 6.38. The normalized spacial score (nSPS) is 12.0. The lowest BCUT2D eigenvalue weighted by atomic mass is 10.0. The van der Waals surface area contributed by atoms with Crippen LogP contribution in [0, 0.1) is 0 Å². The van der Waals surface area contributed by atoms with E-state index in [1.807, 2.05) is 12.1 Å². The van der Waals surface area contributed by atoms with Crippen LogP contribution in [0.25, 0.3) is 0 Å². The molecule has 3 N–H and O–H groups in total. The van der Waals surface area contributed by atoms with Crippen molar-refractivity contribution in [3.8, 4) is 0 Å². The molecule has 0 aromatic heterocycles. The van der Waals surface area contributed by atoms with E-state index >= 15 is 0 Å². The van der Waals surface area contributed by atoms with Gasteiger partial charge in [0.05, 0.1) is 6.54 Å². The first-order valence-electron chi connectivity index (χ1n) is 8.33. The Morgan fingerprint density at radius 1 is 1.08 bits per heavy atom. The molecule has 0 saturated heterocycles. The molecule has 0 fully saturated rings. The number of nitrogens with one attached hydrogen (secondary N) is 1. The van der Waals surface area contributed by atoms with Crippen LogP contribution in [0.2, 0.25) is 0 Å². The number of aliphatic imine (C=N–C) groups is 1. The van der Waals surface area contributed by atoms with Gasteiger partial charge in [0.2, 0.25) is 0 Å². The molecule has 0 radical (unpaired) electrons. The summed E-state index contributed by atoms with van der Waals surface area (Å²) in [6.45, 7) is 5.85. The highest BCUT2D eigenvalue weighted by molar-refractivity contribution is 5.92. The average molecular weight is 324 g/mol. The second-order valence-corrected chi connectivity index (χ2v) is 6.66. The fourth-order valence-corrected chi connectivity index (χ4v) is 2.53. The van der Waals surface area contributed by atoms with Crippen molar-refractivity contribution in [3.63, 3.8) is 0 Å². The fraction of sp³-hybridized carbons (Fsp3) is 0.350. The van der Waals surface area contributed by atoms with Crippen LogP contribution >= 0.6 is 0 Å². The van der Waals surface area contributed by atoms with Crippen LogP contribution in [0.3, 0.4) is 0 Å². The zero-order valence-electron chi connectivity index (χ0n) is 15.1. The van der Waals surface area contributed by atoms with E-state index in [9.17, 15) is 0 Å². The minimum absolute atomic E-state index is 0.439. The van der Waals surface area contributed by atoms with Crippen molar-refractivity contribution in [2.45, 2.75) is 32.9 Å². The van der Waals surface area contributed by atoms with Crippen LogP contribution in [-0.4, -0.2) is 25.0 Å². The van der Waals surface area contributed by atoms with Crippen molar-refractivity contribution >= 4 is 11.6 Å². The third kappa shape index (κ3) is 5.70. The van der Waals surface area contributed by atoms with E-state index in [1.54, 1.807) is 0 Å². The van der Waals surface area contributed by atoms with Crippen LogP contribution in [0.1, 0.15) is 36.5 Å². The molecule has 4 nitrogen and oxygen atoms in total. The minimum atomic E-state index is 0.439. The van der Waals surface area contributed by atoms with Gasteiger partial charge in [0.15, 0.2) is 5.96 Å². The summed E-state index contributed by atoms with van der Waals surface area (Å²) >= 11 is 0. The molecule has 0 spiro atoms. The van der Waals surface area contributed by atoms with E-state index in [-0.39, 0.29) is 0 Å². The number of anilines is 1. The predicted molar refractivity (Wildman–Crippen MR) is 103 cm³/mol. The van der Waals surface area contributed by atoms with E-state index in [2.05, 4.69) is 79.6 Å². The van der Waals surface area contributed by atoms with Gasteiger partial charge in [-0.2, -0.15) is 0 Å². The maximum absolute atomic E-state index is 6.03. The second-order valence-electron chi connectivity index (χ2n) is 6.66. The lowest BCUT2D eigenvalue weighted by Gasteiger charge is -2.11. The number of guanidine groups is 1. The number of nitrogens with two attached hydrogens (primary N) is 1. The van der Waals surface area contributed by atoms with Gasteiger partial charge < -0.3 is 16.0 Å². The molecule has 2 aromatic carbocycles. The Labute approximate surface area is 145 Å². The molecule has 0 atom stereocenters. The summed E-state index contributed by atoms with van der Waals surface area (Å²) in [5, 5.41) is 3.17. The van der Waals surface area contributed by atoms with Gasteiger partial charge in [0, 0.05) is 12.2 Å². The fourth-order valence-electron chi connectivity index (χ4n) is 2.53. The van der Waals surface area contributed by atoms with Crippen molar-refractivity contribution in [2.24, 2.45) is 10.7 Å². The topological polar surface area (TPSA) is 53.6 Å². The number of hydrogen-bond acceptors (Lipinski definition) is 2. The molecular formula is C20H28N4.